The molecule has 2 unspecified atom stereocenters. The van der Waals surface area contributed by atoms with Crippen LogP contribution in [0.3, 0.4) is 0 Å². The van der Waals surface area contributed by atoms with Crippen LogP contribution in [0.1, 0.15) is 44.6 Å². The van der Waals surface area contributed by atoms with Crippen LogP contribution in [0, 0.1) is 0 Å². The van der Waals surface area contributed by atoms with Gasteiger partial charge in [-0.1, -0.05) is 19.4 Å². The third-order valence-corrected chi connectivity index (χ3v) is 4.99. The Bertz CT molecular complexity index is 434. The maximum atomic E-state index is 5.14. The van der Waals surface area contributed by atoms with Crippen molar-refractivity contribution in [2.45, 2.75) is 63.7 Å². The number of hydrogen-bond acceptors (Lipinski definition) is 4. The fourth-order valence-corrected chi connectivity index (χ4v) is 4.03. The van der Waals surface area contributed by atoms with E-state index < -0.39 is 0 Å². The molecule has 0 radical (unpaired) electrons. The third-order valence-electron chi connectivity index (χ3n) is 4.99. The molecule has 2 aliphatic rings. The van der Waals surface area contributed by atoms with Gasteiger partial charge in [0.2, 0.25) is 5.88 Å². The van der Waals surface area contributed by atoms with Crippen LogP contribution < -0.4 is 10.1 Å². The summed E-state index contributed by atoms with van der Waals surface area (Å²) in [5, 5.41) is 3.66. The number of piperidine rings is 2. The fourth-order valence-electron chi connectivity index (χ4n) is 4.03. The summed E-state index contributed by atoms with van der Waals surface area (Å²) in [6, 6.07) is 6.32. The van der Waals surface area contributed by atoms with Gasteiger partial charge in [-0.2, -0.15) is 0 Å². The number of aromatic nitrogens is 1. The monoisotopic (exact) mass is 289 g/mol. The smallest absolute Gasteiger partial charge is 0.212 e. The van der Waals surface area contributed by atoms with E-state index in [4.69, 9.17) is 4.74 Å². The topological polar surface area (TPSA) is 37.4 Å². The Kier molecular flexibility index (Phi) is 4.76. The van der Waals surface area contributed by atoms with E-state index in [0.29, 0.717) is 5.88 Å². The van der Waals surface area contributed by atoms with Crippen molar-refractivity contribution in [3.63, 3.8) is 0 Å². The summed E-state index contributed by atoms with van der Waals surface area (Å²) in [7, 11) is 1.66. The second-order valence-electron chi connectivity index (χ2n) is 6.35. The largest absolute Gasteiger partial charge is 0.481 e. The van der Waals surface area contributed by atoms with E-state index in [9.17, 15) is 0 Å². The zero-order chi connectivity index (χ0) is 14.7. The molecular formula is C17H27N3O. The number of rotatable bonds is 5. The minimum absolute atomic E-state index is 0.699. The van der Waals surface area contributed by atoms with Crippen molar-refractivity contribution in [1.82, 2.24) is 15.2 Å². The first-order valence-corrected chi connectivity index (χ1v) is 8.28. The molecular weight excluding hydrogens is 262 g/mol. The van der Waals surface area contributed by atoms with Gasteiger partial charge in [-0.15, -0.1) is 0 Å². The first-order valence-electron chi connectivity index (χ1n) is 8.28. The van der Waals surface area contributed by atoms with Crippen LogP contribution in [-0.4, -0.2) is 41.7 Å². The van der Waals surface area contributed by atoms with Crippen LogP contribution >= 0.6 is 0 Å². The summed E-state index contributed by atoms with van der Waals surface area (Å²) in [6.45, 7) is 4.34. The second-order valence-corrected chi connectivity index (χ2v) is 6.35. The summed E-state index contributed by atoms with van der Waals surface area (Å²) in [6.07, 6.45) is 8.66. The van der Waals surface area contributed by atoms with Crippen LogP contribution in [-0.2, 0) is 6.54 Å². The molecule has 1 aromatic heterocycles. The molecule has 2 atom stereocenters. The molecule has 2 aliphatic heterocycles. The highest BCUT2D eigenvalue weighted by molar-refractivity contribution is 5.18. The molecule has 2 saturated heterocycles. The van der Waals surface area contributed by atoms with Crippen LogP contribution in [0.4, 0.5) is 0 Å². The molecule has 2 bridgehead atoms. The third kappa shape index (κ3) is 3.38. The van der Waals surface area contributed by atoms with E-state index in [0.717, 1.165) is 31.2 Å². The Morgan fingerprint density at radius 3 is 2.62 bits per heavy atom. The van der Waals surface area contributed by atoms with Crippen LogP contribution in [0.5, 0.6) is 5.88 Å². The molecule has 0 aliphatic carbocycles. The lowest BCUT2D eigenvalue weighted by atomic mass is 9.81. The van der Waals surface area contributed by atoms with E-state index in [1.54, 1.807) is 7.11 Å². The standard InChI is InChI=1S/C17H27N3O/c1-3-18-14-9-15-5-4-6-16(10-14)20(15)12-13-7-8-17(21-2)19-11-13/h7-8,11,14-16,18H,3-6,9-10,12H2,1-2H3. The highest BCUT2D eigenvalue weighted by Crippen LogP contribution is 2.35. The summed E-state index contributed by atoms with van der Waals surface area (Å²) in [5.41, 5.74) is 1.30. The lowest BCUT2D eigenvalue weighted by Gasteiger charge is -2.49. The summed E-state index contributed by atoms with van der Waals surface area (Å²) in [4.78, 5) is 7.06. The van der Waals surface area contributed by atoms with E-state index in [1.807, 2.05) is 12.3 Å². The van der Waals surface area contributed by atoms with Gasteiger partial charge in [0.25, 0.3) is 0 Å². The Balaban J connectivity index is 1.67. The number of fused-ring (bicyclic) bond motifs is 2. The fraction of sp³-hybridized carbons (Fsp3) is 0.706. The van der Waals surface area contributed by atoms with Gasteiger partial charge in [0.1, 0.15) is 0 Å². The SMILES string of the molecule is CCNC1CC2CCCC(C1)N2Cc1ccc(OC)nc1. The summed E-state index contributed by atoms with van der Waals surface area (Å²) >= 11 is 0. The van der Waals surface area contributed by atoms with E-state index in [2.05, 4.69) is 28.2 Å². The van der Waals surface area contributed by atoms with Crippen LogP contribution in [0.25, 0.3) is 0 Å². The van der Waals surface area contributed by atoms with Gasteiger partial charge in [0.15, 0.2) is 0 Å². The minimum atomic E-state index is 0.699. The molecule has 21 heavy (non-hydrogen) atoms. The van der Waals surface area contributed by atoms with Crippen molar-refractivity contribution in [1.29, 1.82) is 0 Å². The molecule has 2 fully saturated rings. The maximum absolute atomic E-state index is 5.14. The van der Waals surface area contributed by atoms with Crippen LogP contribution in [0.2, 0.25) is 0 Å². The quantitative estimate of drug-likeness (QED) is 0.904. The lowest BCUT2D eigenvalue weighted by molar-refractivity contribution is 0.0179. The van der Waals surface area contributed by atoms with Gasteiger partial charge in [0, 0.05) is 36.9 Å². The van der Waals surface area contributed by atoms with E-state index >= 15 is 0 Å². The zero-order valence-corrected chi connectivity index (χ0v) is 13.2. The number of hydrogen-bond donors (Lipinski definition) is 1. The number of nitrogens with zero attached hydrogens (tertiary/aromatic N) is 2. The molecule has 1 aromatic rings. The number of ether oxygens (including phenoxy) is 1. The Labute approximate surface area is 127 Å². The van der Waals surface area contributed by atoms with Crippen molar-refractivity contribution in [2.75, 3.05) is 13.7 Å². The maximum Gasteiger partial charge on any atom is 0.212 e. The number of pyridine rings is 1. The molecule has 0 spiro atoms. The molecule has 4 heteroatoms. The normalized spacial score (nSPS) is 29.3. The van der Waals surface area contributed by atoms with E-state index in [-0.39, 0.29) is 0 Å². The van der Waals surface area contributed by atoms with Crippen molar-refractivity contribution < 1.29 is 4.74 Å². The lowest BCUT2D eigenvalue weighted by Crippen LogP contribution is -2.55. The van der Waals surface area contributed by atoms with Gasteiger partial charge >= 0.3 is 0 Å². The van der Waals surface area contributed by atoms with Gasteiger partial charge in [-0.05, 0) is 37.8 Å². The first-order chi connectivity index (χ1) is 10.3. The van der Waals surface area contributed by atoms with Crippen molar-refractivity contribution in [3.05, 3.63) is 23.9 Å². The van der Waals surface area contributed by atoms with Crippen molar-refractivity contribution in [2.24, 2.45) is 0 Å². The second kappa shape index (κ2) is 6.75. The number of nitrogens with one attached hydrogen (secondary N) is 1. The van der Waals surface area contributed by atoms with Gasteiger partial charge in [0.05, 0.1) is 7.11 Å². The number of methoxy groups -OCH3 is 1. The van der Waals surface area contributed by atoms with Gasteiger partial charge in [-0.25, -0.2) is 4.98 Å². The Morgan fingerprint density at radius 1 is 1.29 bits per heavy atom. The highest BCUT2D eigenvalue weighted by Gasteiger charge is 2.37. The molecule has 3 rings (SSSR count). The zero-order valence-electron chi connectivity index (χ0n) is 13.2. The van der Waals surface area contributed by atoms with Gasteiger partial charge < -0.3 is 10.1 Å². The predicted molar refractivity (Wildman–Crippen MR) is 84.5 cm³/mol. The summed E-state index contributed by atoms with van der Waals surface area (Å²) < 4.78 is 5.14. The van der Waals surface area contributed by atoms with Crippen LogP contribution in [0.15, 0.2) is 18.3 Å². The van der Waals surface area contributed by atoms with Crippen molar-refractivity contribution >= 4 is 0 Å². The molecule has 0 saturated carbocycles. The molecule has 116 valence electrons. The average molecular weight is 289 g/mol. The first kappa shape index (κ1) is 14.8. The molecule has 1 N–H and O–H groups in total. The average Bonchev–Trinajstić information content (AvgIpc) is 2.49. The Hall–Kier alpha value is -1.13. The Morgan fingerprint density at radius 2 is 2.05 bits per heavy atom. The van der Waals surface area contributed by atoms with E-state index in [1.165, 1.54) is 37.7 Å². The molecule has 0 aromatic carbocycles. The molecule has 4 nitrogen and oxygen atoms in total. The van der Waals surface area contributed by atoms with Gasteiger partial charge in [-0.3, -0.25) is 4.90 Å². The van der Waals surface area contributed by atoms with Crippen molar-refractivity contribution in [3.8, 4) is 5.88 Å². The molecule has 3 heterocycles. The predicted octanol–water partition coefficient (Wildman–Crippen LogP) is 2.59. The summed E-state index contributed by atoms with van der Waals surface area (Å²) in [5.74, 6) is 0.699. The highest BCUT2D eigenvalue weighted by atomic mass is 16.5. The molecule has 0 amide bonds. The minimum Gasteiger partial charge on any atom is -0.481 e.